The Balaban J connectivity index is 1.65. The summed E-state index contributed by atoms with van der Waals surface area (Å²) in [6.07, 6.45) is 4.06. The van der Waals surface area contributed by atoms with Crippen LogP contribution in [0.3, 0.4) is 0 Å². The highest BCUT2D eigenvalue weighted by Crippen LogP contribution is 2.22. The van der Waals surface area contributed by atoms with Gasteiger partial charge in [0.05, 0.1) is 5.69 Å². The Morgan fingerprint density at radius 1 is 1.30 bits per heavy atom. The molecule has 3 aromatic heterocycles. The fourth-order valence-corrected chi connectivity index (χ4v) is 3.37. The van der Waals surface area contributed by atoms with Crippen molar-refractivity contribution in [1.29, 1.82) is 0 Å². The van der Waals surface area contributed by atoms with E-state index in [1.54, 1.807) is 23.7 Å². The van der Waals surface area contributed by atoms with Gasteiger partial charge in [-0.1, -0.05) is 0 Å². The van der Waals surface area contributed by atoms with Gasteiger partial charge < -0.3 is 15.1 Å². The lowest BCUT2D eigenvalue weighted by Crippen LogP contribution is -2.32. The van der Waals surface area contributed by atoms with E-state index < -0.39 is 0 Å². The quantitative estimate of drug-likeness (QED) is 0.742. The van der Waals surface area contributed by atoms with Crippen LogP contribution in [0.2, 0.25) is 0 Å². The Hall–Kier alpha value is -3.07. The zero-order valence-electron chi connectivity index (χ0n) is 15.6. The number of amides is 1. The van der Waals surface area contributed by atoms with Crippen LogP contribution in [0.1, 0.15) is 22.6 Å². The topological polar surface area (TPSA) is 91.5 Å². The molecule has 140 valence electrons. The number of imidazole rings is 1. The van der Waals surface area contributed by atoms with Gasteiger partial charge in [0.15, 0.2) is 11.3 Å². The highest BCUT2D eigenvalue weighted by molar-refractivity contribution is 6.03. The summed E-state index contributed by atoms with van der Waals surface area (Å²) in [5, 5.41) is 7.48. The molecule has 0 spiro atoms. The van der Waals surface area contributed by atoms with Gasteiger partial charge in [-0.3, -0.25) is 4.79 Å². The maximum absolute atomic E-state index is 12.8. The Morgan fingerprint density at radius 3 is 2.85 bits per heavy atom. The third kappa shape index (κ3) is 3.33. The molecule has 1 N–H and O–H groups in total. The molecule has 4 heterocycles. The number of aryl methyl sites for hydroxylation is 1. The lowest BCUT2D eigenvalue weighted by molar-refractivity contribution is 0.101. The molecule has 1 fully saturated rings. The molecule has 1 atom stereocenters. The minimum absolute atomic E-state index is 0.295. The van der Waals surface area contributed by atoms with E-state index in [1.807, 2.05) is 12.1 Å². The van der Waals surface area contributed by atoms with Gasteiger partial charge in [0.2, 0.25) is 0 Å². The normalized spacial score (nSPS) is 17.0. The van der Waals surface area contributed by atoms with Gasteiger partial charge in [0.25, 0.3) is 5.91 Å². The van der Waals surface area contributed by atoms with Crippen molar-refractivity contribution < 1.29 is 4.79 Å². The van der Waals surface area contributed by atoms with Crippen LogP contribution in [-0.4, -0.2) is 68.6 Å². The molecule has 0 saturated carbocycles. The van der Waals surface area contributed by atoms with Gasteiger partial charge >= 0.3 is 0 Å². The predicted octanol–water partition coefficient (Wildman–Crippen LogP) is 1.22. The van der Waals surface area contributed by atoms with E-state index in [2.05, 4.69) is 44.2 Å². The van der Waals surface area contributed by atoms with Crippen molar-refractivity contribution in [3.05, 3.63) is 42.1 Å². The second-order valence-corrected chi connectivity index (χ2v) is 6.91. The van der Waals surface area contributed by atoms with Crippen molar-refractivity contribution >= 4 is 23.2 Å². The minimum Gasteiger partial charge on any atom is -0.354 e. The van der Waals surface area contributed by atoms with Gasteiger partial charge in [0.1, 0.15) is 18.0 Å². The number of likely N-dealkylation sites (N-methyl/N-ethyl adjacent to an activating group) is 1. The summed E-state index contributed by atoms with van der Waals surface area (Å²) in [5.41, 5.74) is 1.68. The van der Waals surface area contributed by atoms with Crippen LogP contribution in [0.25, 0.3) is 5.65 Å². The van der Waals surface area contributed by atoms with Crippen LogP contribution in [0.4, 0.5) is 11.6 Å². The summed E-state index contributed by atoms with van der Waals surface area (Å²) in [7, 11) is 4.19. The molecular formula is C18H22N8O. The molecule has 9 nitrogen and oxygen atoms in total. The molecule has 1 amide bonds. The van der Waals surface area contributed by atoms with E-state index in [4.69, 9.17) is 5.10 Å². The van der Waals surface area contributed by atoms with E-state index in [9.17, 15) is 4.79 Å². The summed E-state index contributed by atoms with van der Waals surface area (Å²) < 4.78 is 1.62. The number of carbonyl (C=O) groups excluding carboxylic acids is 1. The van der Waals surface area contributed by atoms with Crippen LogP contribution in [0.5, 0.6) is 0 Å². The molecule has 0 unspecified atom stereocenters. The van der Waals surface area contributed by atoms with Crippen LogP contribution in [-0.2, 0) is 0 Å². The molecule has 1 saturated heterocycles. The number of nitrogens with one attached hydrogen (secondary N) is 1. The number of nitrogens with zero attached hydrogens (tertiary/aromatic N) is 7. The second-order valence-electron chi connectivity index (χ2n) is 6.91. The predicted molar refractivity (Wildman–Crippen MR) is 102 cm³/mol. The lowest BCUT2D eigenvalue weighted by Gasteiger charge is -2.21. The molecule has 4 rings (SSSR count). The van der Waals surface area contributed by atoms with E-state index in [-0.39, 0.29) is 5.91 Å². The van der Waals surface area contributed by atoms with Gasteiger partial charge in [0, 0.05) is 25.3 Å². The van der Waals surface area contributed by atoms with Crippen LogP contribution in [0.15, 0.2) is 30.7 Å². The summed E-state index contributed by atoms with van der Waals surface area (Å²) >= 11 is 0. The van der Waals surface area contributed by atoms with Crippen LogP contribution in [0, 0.1) is 6.92 Å². The number of carbonyl (C=O) groups is 1. The summed E-state index contributed by atoms with van der Waals surface area (Å²) in [4.78, 5) is 29.6. The van der Waals surface area contributed by atoms with Crippen molar-refractivity contribution in [2.75, 3.05) is 37.4 Å². The van der Waals surface area contributed by atoms with Crippen molar-refractivity contribution in [2.24, 2.45) is 0 Å². The number of hydrogen-bond acceptors (Lipinski definition) is 7. The number of rotatable bonds is 4. The SMILES string of the molecule is Cc1nc2ccc(N3CC[C@H](N(C)C)C3)nn2c1C(=O)Nc1ccncn1. The van der Waals surface area contributed by atoms with Crippen LogP contribution >= 0.6 is 0 Å². The molecule has 0 aromatic carbocycles. The minimum atomic E-state index is -0.295. The van der Waals surface area contributed by atoms with Crippen molar-refractivity contribution in [3.8, 4) is 0 Å². The van der Waals surface area contributed by atoms with E-state index in [0.717, 1.165) is 25.3 Å². The maximum Gasteiger partial charge on any atom is 0.277 e. The first-order valence-corrected chi connectivity index (χ1v) is 8.88. The molecule has 9 heteroatoms. The standard InChI is InChI=1S/C18H22N8O/c1-12-17(18(27)22-14-6-8-19-11-20-14)26-15(21-12)4-5-16(23-26)25-9-7-13(10-25)24(2)3/h4-6,8,11,13H,7,9-10H2,1-3H3,(H,19,20,22,27)/t13-/m0/s1. The number of hydrogen-bond donors (Lipinski definition) is 1. The average Bonchev–Trinajstić information content (AvgIpc) is 3.26. The molecule has 0 radical (unpaired) electrons. The number of anilines is 2. The molecule has 1 aliphatic heterocycles. The van der Waals surface area contributed by atoms with E-state index in [1.165, 1.54) is 6.33 Å². The number of aromatic nitrogens is 5. The van der Waals surface area contributed by atoms with E-state index >= 15 is 0 Å². The van der Waals surface area contributed by atoms with Crippen molar-refractivity contribution in [3.63, 3.8) is 0 Å². The average molecular weight is 366 g/mol. The first kappa shape index (κ1) is 17.3. The zero-order valence-corrected chi connectivity index (χ0v) is 15.6. The van der Waals surface area contributed by atoms with Crippen molar-refractivity contribution in [1.82, 2.24) is 29.5 Å². The molecular weight excluding hydrogens is 344 g/mol. The molecule has 0 bridgehead atoms. The first-order valence-electron chi connectivity index (χ1n) is 8.88. The lowest BCUT2D eigenvalue weighted by atomic mass is 10.2. The first-order chi connectivity index (χ1) is 13.0. The third-order valence-corrected chi connectivity index (χ3v) is 4.89. The Kier molecular flexibility index (Phi) is 4.44. The Labute approximate surface area is 157 Å². The molecule has 1 aliphatic rings. The molecule has 3 aromatic rings. The third-order valence-electron chi connectivity index (χ3n) is 4.89. The van der Waals surface area contributed by atoms with E-state index in [0.29, 0.717) is 28.9 Å². The monoisotopic (exact) mass is 366 g/mol. The maximum atomic E-state index is 12.8. The Morgan fingerprint density at radius 2 is 2.15 bits per heavy atom. The van der Waals surface area contributed by atoms with Crippen LogP contribution < -0.4 is 10.2 Å². The largest absolute Gasteiger partial charge is 0.354 e. The molecule has 27 heavy (non-hydrogen) atoms. The van der Waals surface area contributed by atoms with Crippen molar-refractivity contribution in [2.45, 2.75) is 19.4 Å². The Bertz CT molecular complexity index is 968. The summed E-state index contributed by atoms with van der Waals surface area (Å²) in [6, 6.07) is 6.01. The number of fused-ring (bicyclic) bond motifs is 1. The highest BCUT2D eigenvalue weighted by atomic mass is 16.2. The van der Waals surface area contributed by atoms with Gasteiger partial charge in [-0.2, -0.15) is 0 Å². The van der Waals surface area contributed by atoms with Gasteiger partial charge in [-0.05, 0) is 45.6 Å². The summed E-state index contributed by atoms with van der Waals surface area (Å²) in [5.74, 6) is 0.991. The zero-order chi connectivity index (χ0) is 19.0. The van der Waals surface area contributed by atoms with Gasteiger partial charge in [-0.25, -0.2) is 19.5 Å². The smallest absolute Gasteiger partial charge is 0.277 e. The molecule has 0 aliphatic carbocycles. The second kappa shape index (κ2) is 6.92. The highest BCUT2D eigenvalue weighted by Gasteiger charge is 2.26. The fourth-order valence-electron chi connectivity index (χ4n) is 3.37. The fraction of sp³-hybridized carbons (Fsp3) is 0.389. The summed E-state index contributed by atoms with van der Waals surface area (Å²) in [6.45, 7) is 3.67. The van der Waals surface area contributed by atoms with Gasteiger partial charge in [-0.15, -0.1) is 5.10 Å².